The van der Waals surface area contributed by atoms with Gasteiger partial charge in [0.15, 0.2) is 0 Å². The number of amides is 1. The molecule has 2 N–H and O–H groups in total. The van der Waals surface area contributed by atoms with Gasteiger partial charge in [0.05, 0.1) is 23.1 Å². The Kier molecular flexibility index (Phi) is 9.29. The van der Waals surface area contributed by atoms with Crippen molar-refractivity contribution < 1.29 is 19.1 Å². The van der Waals surface area contributed by atoms with Gasteiger partial charge < -0.3 is 9.64 Å². The number of alkyl halides is 1. The molecule has 1 amide bonds. The van der Waals surface area contributed by atoms with Gasteiger partial charge in [-0.25, -0.2) is 9.87 Å². The van der Waals surface area contributed by atoms with E-state index in [0.717, 1.165) is 25.4 Å². The molecule has 2 heterocycles. The number of ether oxygens (including phenoxy) is 1. The molecule has 6 nitrogen and oxygen atoms in total. The molecule has 4 rings (SSSR count). The van der Waals surface area contributed by atoms with Crippen molar-refractivity contribution in [2.75, 3.05) is 32.5 Å². The highest BCUT2D eigenvalue weighted by Gasteiger charge is 2.41. The van der Waals surface area contributed by atoms with Crippen LogP contribution in [0.1, 0.15) is 43.0 Å². The normalized spacial score (nSPS) is 16.5. The zero-order valence-corrected chi connectivity index (χ0v) is 22.7. The number of nitrogens with zero attached hydrogens (tertiary/aromatic N) is 2. The summed E-state index contributed by atoms with van der Waals surface area (Å²) in [6.45, 7) is 4.45. The van der Waals surface area contributed by atoms with E-state index in [2.05, 4.69) is 35.0 Å². The first kappa shape index (κ1) is 27.6. The van der Waals surface area contributed by atoms with E-state index >= 15 is 4.39 Å². The van der Waals surface area contributed by atoms with Gasteiger partial charge in [-0.3, -0.25) is 15.0 Å². The smallest absolute Gasteiger partial charge is 0.249 e. The summed E-state index contributed by atoms with van der Waals surface area (Å²) in [6, 6.07) is 13.6. The number of nitrogens with one attached hydrogen (secondary N) is 1. The largest absolute Gasteiger partial charge is 0.497 e. The van der Waals surface area contributed by atoms with Crippen molar-refractivity contribution in [1.82, 2.24) is 15.4 Å². The van der Waals surface area contributed by atoms with E-state index < -0.39 is 17.5 Å². The minimum absolute atomic E-state index is 0.104. The fraction of sp³-hybridized carbons (Fsp3) is 0.429. The van der Waals surface area contributed by atoms with Gasteiger partial charge in [0.2, 0.25) is 5.91 Å². The number of fused-ring (bicyclic) bond motifs is 1. The van der Waals surface area contributed by atoms with Crippen molar-refractivity contribution in [3.63, 3.8) is 0 Å². The predicted octanol–water partition coefficient (Wildman–Crippen LogP) is 6.38. The number of carbonyl (C=O) groups is 1. The highest BCUT2D eigenvalue weighted by atomic mass is 35.5. The molecule has 0 saturated carbocycles. The number of halogens is 2. The number of likely N-dealkylation sites (tertiary alicyclic amines) is 1. The first-order valence-electron chi connectivity index (χ1n) is 12.5. The average Bonchev–Trinajstić information content (AvgIpc) is 2.92. The van der Waals surface area contributed by atoms with Crippen LogP contribution in [-0.2, 0) is 4.79 Å². The summed E-state index contributed by atoms with van der Waals surface area (Å²) in [6.07, 6.45) is 1.59. The molecule has 198 valence electrons. The van der Waals surface area contributed by atoms with Gasteiger partial charge in [-0.2, -0.15) is 0 Å². The quantitative estimate of drug-likeness (QED) is 0.175. The Morgan fingerprint density at radius 3 is 2.76 bits per heavy atom. The molecule has 0 radical (unpaired) electrons. The Hall–Kier alpha value is -2.39. The van der Waals surface area contributed by atoms with Gasteiger partial charge in [0, 0.05) is 34.3 Å². The van der Waals surface area contributed by atoms with Crippen molar-refractivity contribution >= 4 is 40.2 Å². The van der Waals surface area contributed by atoms with Gasteiger partial charge in [0.25, 0.3) is 0 Å². The van der Waals surface area contributed by atoms with Crippen LogP contribution in [-0.4, -0.2) is 53.5 Å². The van der Waals surface area contributed by atoms with Crippen LogP contribution in [0.15, 0.2) is 53.6 Å². The van der Waals surface area contributed by atoms with Crippen molar-refractivity contribution in [3.05, 3.63) is 64.8 Å². The van der Waals surface area contributed by atoms with E-state index in [1.165, 1.54) is 16.7 Å². The SMILES string of the molecule is COc1ccc2ncc(Cl)c([C@H](F)CCC3(C(=O)NO)CCN(CCSc4ccccc4C)CC3)c2c1. The Morgan fingerprint density at radius 1 is 1.30 bits per heavy atom. The summed E-state index contributed by atoms with van der Waals surface area (Å²) in [5.41, 5.74) is 3.27. The number of carbonyl (C=O) groups excluding carboxylic acids is 1. The van der Waals surface area contributed by atoms with E-state index in [9.17, 15) is 10.0 Å². The zero-order chi connectivity index (χ0) is 26.4. The number of hydrogen-bond donors (Lipinski definition) is 2. The topological polar surface area (TPSA) is 74.7 Å². The molecule has 1 aromatic heterocycles. The van der Waals surface area contributed by atoms with Crippen LogP contribution >= 0.6 is 23.4 Å². The number of aryl methyl sites for hydroxylation is 1. The molecule has 0 bridgehead atoms. The van der Waals surface area contributed by atoms with Crippen LogP contribution in [0.3, 0.4) is 0 Å². The zero-order valence-electron chi connectivity index (χ0n) is 21.2. The fourth-order valence-corrected chi connectivity index (χ4v) is 6.39. The van der Waals surface area contributed by atoms with Crippen molar-refractivity contribution in [2.45, 2.75) is 43.7 Å². The number of hydroxylamine groups is 1. The lowest BCUT2D eigenvalue weighted by molar-refractivity contribution is -0.143. The highest BCUT2D eigenvalue weighted by molar-refractivity contribution is 7.99. The van der Waals surface area contributed by atoms with E-state index in [1.807, 2.05) is 23.3 Å². The summed E-state index contributed by atoms with van der Waals surface area (Å²) in [7, 11) is 1.55. The first-order chi connectivity index (χ1) is 17.9. The maximum absolute atomic E-state index is 15.7. The minimum Gasteiger partial charge on any atom is -0.497 e. The molecule has 1 aliphatic heterocycles. The molecule has 1 fully saturated rings. The predicted molar refractivity (Wildman–Crippen MR) is 146 cm³/mol. The van der Waals surface area contributed by atoms with Crippen molar-refractivity contribution in [1.29, 1.82) is 0 Å². The van der Waals surface area contributed by atoms with Gasteiger partial charge in [-0.05, 0) is 75.5 Å². The van der Waals surface area contributed by atoms with E-state index in [0.29, 0.717) is 41.5 Å². The van der Waals surface area contributed by atoms with Gasteiger partial charge >= 0.3 is 0 Å². The lowest BCUT2D eigenvalue weighted by atomic mass is 9.73. The third kappa shape index (κ3) is 6.37. The second-order valence-corrected chi connectivity index (χ2v) is 11.1. The Bertz CT molecular complexity index is 1240. The molecule has 37 heavy (non-hydrogen) atoms. The standard InChI is InChI=1S/C28H33ClFN3O3S/c1-19-5-3-4-6-25(19)37-16-15-33-13-11-28(12-14-33,27(34)32-35)10-9-23(30)26-21-17-20(36-2)7-8-24(21)31-18-22(26)29/h3-8,17-18,23,35H,9-16H2,1-2H3,(H,32,34)/t23-/m1/s1. The molecule has 0 unspecified atom stereocenters. The molecule has 1 aliphatic rings. The fourth-order valence-electron chi connectivity index (χ4n) is 5.08. The molecule has 3 aromatic rings. The number of hydrogen-bond acceptors (Lipinski definition) is 6. The summed E-state index contributed by atoms with van der Waals surface area (Å²) in [5, 5.41) is 10.3. The number of piperidine rings is 1. The molecule has 0 aliphatic carbocycles. The van der Waals surface area contributed by atoms with Crippen LogP contribution in [0.25, 0.3) is 10.9 Å². The minimum atomic E-state index is -1.39. The van der Waals surface area contributed by atoms with Crippen LogP contribution in [0.4, 0.5) is 4.39 Å². The molecular weight excluding hydrogens is 513 g/mol. The molecule has 2 aromatic carbocycles. The van der Waals surface area contributed by atoms with Gasteiger partial charge in [-0.1, -0.05) is 29.8 Å². The monoisotopic (exact) mass is 545 g/mol. The second kappa shape index (κ2) is 12.4. The number of methoxy groups -OCH3 is 1. The van der Waals surface area contributed by atoms with Crippen molar-refractivity contribution in [2.24, 2.45) is 5.41 Å². The van der Waals surface area contributed by atoms with Gasteiger partial charge in [-0.15, -0.1) is 11.8 Å². The number of pyridine rings is 1. The van der Waals surface area contributed by atoms with E-state index in [-0.39, 0.29) is 11.4 Å². The van der Waals surface area contributed by atoms with E-state index in [4.69, 9.17) is 16.3 Å². The van der Waals surface area contributed by atoms with E-state index in [1.54, 1.807) is 25.3 Å². The maximum Gasteiger partial charge on any atom is 0.249 e. The Balaban J connectivity index is 1.40. The third-order valence-corrected chi connectivity index (χ3v) is 8.87. The molecular formula is C28H33ClFN3O3S. The molecule has 9 heteroatoms. The lowest BCUT2D eigenvalue weighted by Crippen LogP contribution is -2.48. The molecule has 0 spiro atoms. The summed E-state index contributed by atoms with van der Waals surface area (Å²) in [5.74, 6) is 1.10. The second-order valence-electron chi connectivity index (χ2n) is 9.59. The number of rotatable bonds is 10. The van der Waals surface area contributed by atoms with Crippen LogP contribution in [0.5, 0.6) is 5.75 Å². The Morgan fingerprint density at radius 2 is 2.05 bits per heavy atom. The first-order valence-corrected chi connectivity index (χ1v) is 13.8. The lowest BCUT2D eigenvalue weighted by Gasteiger charge is -2.40. The van der Waals surface area contributed by atoms with Crippen LogP contribution in [0, 0.1) is 12.3 Å². The van der Waals surface area contributed by atoms with Gasteiger partial charge in [0.1, 0.15) is 11.9 Å². The molecule has 1 saturated heterocycles. The van der Waals surface area contributed by atoms with Crippen LogP contribution in [0.2, 0.25) is 5.02 Å². The van der Waals surface area contributed by atoms with Crippen molar-refractivity contribution in [3.8, 4) is 5.75 Å². The summed E-state index contributed by atoms with van der Waals surface area (Å²) < 4.78 is 21.0. The third-order valence-electron chi connectivity index (χ3n) is 7.41. The summed E-state index contributed by atoms with van der Waals surface area (Å²) in [4.78, 5) is 20.7. The maximum atomic E-state index is 15.7. The highest BCUT2D eigenvalue weighted by Crippen LogP contribution is 2.42. The summed E-state index contributed by atoms with van der Waals surface area (Å²) >= 11 is 8.22. The number of aromatic nitrogens is 1. The number of thioether (sulfide) groups is 1. The average molecular weight is 546 g/mol. The Labute approximate surface area is 226 Å². The van der Waals surface area contributed by atoms with Crippen LogP contribution < -0.4 is 10.2 Å². The molecule has 1 atom stereocenters. The number of benzene rings is 2.